The highest BCUT2D eigenvalue weighted by Gasteiger charge is 2.41. The number of halogens is 3. The van der Waals surface area contributed by atoms with Crippen LogP contribution in [0.4, 0.5) is 18.9 Å². The highest BCUT2D eigenvalue weighted by atomic mass is 19.4. The SMILES string of the molecule is CCOc1cccc(NC(=O)[C@H](N)COC(=O)C(F)(F)F)c1. The lowest BCUT2D eigenvalue weighted by molar-refractivity contribution is -0.200. The van der Waals surface area contributed by atoms with E-state index in [4.69, 9.17) is 10.5 Å². The molecule has 122 valence electrons. The van der Waals surface area contributed by atoms with Gasteiger partial charge in [-0.2, -0.15) is 13.2 Å². The Balaban J connectivity index is 2.54. The fourth-order valence-corrected chi connectivity index (χ4v) is 1.39. The van der Waals surface area contributed by atoms with Crippen LogP contribution in [-0.2, 0) is 14.3 Å². The van der Waals surface area contributed by atoms with Crippen molar-refractivity contribution in [1.29, 1.82) is 0 Å². The molecule has 1 atom stereocenters. The Bertz CT molecular complexity index is 534. The standard InChI is InChI=1S/C13H15F3N2O4/c1-2-21-9-5-3-4-8(6-9)18-11(19)10(17)7-22-12(20)13(14,15)16/h3-6,10H,2,7,17H2,1H3,(H,18,19)/t10-/m1/s1. The first-order chi connectivity index (χ1) is 10.2. The molecule has 0 radical (unpaired) electrons. The zero-order chi connectivity index (χ0) is 16.8. The number of hydrogen-bond acceptors (Lipinski definition) is 5. The maximum Gasteiger partial charge on any atom is 0.490 e. The molecule has 0 fully saturated rings. The van der Waals surface area contributed by atoms with E-state index in [0.717, 1.165) is 0 Å². The van der Waals surface area contributed by atoms with E-state index >= 15 is 0 Å². The first kappa shape index (κ1) is 17.8. The van der Waals surface area contributed by atoms with Gasteiger partial charge in [0.1, 0.15) is 18.4 Å². The van der Waals surface area contributed by atoms with E-state index in [1.165, 1.54) is 6.07 Å². The molecule has 1 rings (SSSR count). The number of benzene rings is 1. The second kappa shape index (κ2) is 7.64. The molecule has 0 aliphatic rings. The molecule has 0 saturated carbocycles. The summed E-state index contributed by atoms with van der Waals surface area (Å²) in [6.45, 7) is 1.34. The predicted molar refractivity (Wildman–Crippen MR) is 71.2 cm³/mol. The van der Waals surface area contributed by atoms with Gasteiger partial charge in [0.25, 0.3) is 0 Å². The van der Waals surface area contributed by atoms with Crippen molar-refractivity contribution in [2.45, 2.75) is 19.1 Å². The Morgan fingerprint density at radius 1 is 1.36 bits per heavy atom. The van der Waals surface area contributed by atoms with Crippen molar-refractivity contribution >= 4 is 17.6 Å². The average Bonchev–Trinajstić information content (AvgIpc) is 2.44. The molecule has 0 aliphatic carbocycles. The maximum atomic E-state index is 11.9. The van der Waals surface area contributed by atoms with Gasteiger partial charge in [0.15, 0.2) is 0 Å². The minimum atomic E-state index is -5.12. The van der Waals surface area contributed by atoms with Crippen molar-refractivity contribution in [3.8, 4) is 5.75 Å². The number of nitrogens with one attached hydrogen (secondary N) is 1. The lowest BCUT2D eigenvalue weighted by Gasteiger charge is -2.14. The van der Waals surface area contributed by atoms with Gasteiger partial charge in [0.2, 0.25) is 5.91 Å². The van der Waals surface area contributed by atoms with Gasteiger partial charge in [0.05, 0.1) is 6.61 Å². The summed E-state index contributed by atoms with van der Waals surface area (Å²) in [6, 6.07) is 4.94. The molecule has 1 aromatic carbocycles. The summed E-state index contributed by atoms with van der Waals surface area (Å²) in [6.07, 6.45) is -5.12. The number of carbonyl (C=O) groups is 2. The number of amides is 1. The summed E-state index contributed by atoms with van der Waals surface area (Å²) in [5, 5.41) is 2.39. The number of anilines is 1. The second-order valence-electron chi connectivity index (χ2n) is 4.15. The third-order valence-electron chi connectivity index (χ3n) is 2.37. The first-order valence-electron chi connectivity index (χ1n) is 6.27. The van der Waals surface area contributed by atoms with Crippen molar-refractivity contribution in [1.82, 2.24) is 0 Å². The van der Waals surface area contributed by atoms with Crippen LogP contribution in [-0.4, -0.2) is 37.3 Å². The van der Waals surface area contributed by atoms with E-state index in [1.54, 1.807) is 25.1 Å². The number of nitrogens with two attached hydrogens (primary N) is 1. The zero-order valence-electron chi connectivity index (χ0n) is 11.6. The molecule has 0 bridgehead atoms. The number of rotatable bonds is 6. The van der Waals surface area contributed by atoms with Crippen molar-refractivity contribution < 1.29 is 32.2 Å². The molecule has 1 aromatic rings. The highest BCUT2D eigenvalue weighted by Crippen LogP contribution is 2.18. The van der Waals surface area contributed by atoms with E-state index in [0.29, 0.717) is 18.0 Å². The third kappa shape index (κ3) is 5.60. The topological polar surface area (TPSA) is 90.7 Å². The average molecular weight is 320 g/mol. The Morgan fingerprint density at radius 3 is 2.64 bits per heavy atom. The zero-order valence-corrected chi connectivity index (χ0v) is 11.6. The Kier molecular flexibility index (Phi) is 6.17. The summed E-state index contributed by atoms with van der Waals surface area (Å²) < 4.78 is 44.9. The third-order valence-corrected chi connectivity index (χ3v) is 2.37. The van der Waals surface area contributed by atoms with Gasteiger partial charge in [-0.05, 0) is 19.1 Å². The van der Waals surface area contributed by atoms with Gasteiger partial charge >= 0.3 is 12.1 Å². The lowest BCUT2D eigenvalue weighted by atomic mass is 10.2. The van der Waals surface area contributed by atoms with E-state index in [-0.39, 0.29) is 0 Å². The molecule has 1 amide bonds. The van der Waals surface area contributed by atoms with Gasteiger partial charge in [-0.25, -0.2) is 4.79 Å². The minimum Gasteiger partial charge on any atom is -0.494 e. The summed E-state index contributed by atoms with van der Waals surface area (Å²) in [5.41, 5.74) is 5.72. The summed E-state index contributed by atoms with van der Waals surface area (Å²) in [4.78, 5) is 22.2. The van der Waals surface area contributed by atoms with Crippen LogP contribution in [0.2, 0.25) is 0 Å². The quantitative estimate of drug-likeness (QED) is 0.774. The number of alkyl halides is 3. The number of hydrogen-bond donors (Lipinski definition) is 2. The number of esters is 1. The van der Waals surface area contributed by atoms with E-state index in [9.17, 15) is 22.8 Å². The van der Waals surface area contributed by atoms with Gasteiger partial charge in [0, 0.05) is 11.8 Å². The largest absolute Gasteiger partial charge is 0.494 e. The van der Waals surface area contributed by atoms with Crippen LogP contribution in [0.15, 0.2) is 24.3 Å². The molecule has 0 aromatic heterocycles. The van der Waals surface area contributed by atoms with Crippen LogP contribution in [0.1, 0.15) is 6.92 Å². The molecule has 9 heteroatoms. The van der Waals surface area contributed by atoms with Crippen LogP contribution >= 0.6 is 0 Å². The summed E-state index contributed by atoms with van der Waals surface area (Å²) in [5.74, 6) is -2.67. The van der Waals surface area contributed by atoms with Gasteiger partial charge < -0.3 is 20.5 Å². The summed E-state index contributed by atoms with van der Waals surface area (Å²) >= 11 is 0. The Hall–Kier alpha value is -2.29. The fourth-order valence-electron chi connectivity index (χ4n) is 1.39. The van der Waals surface area contributed by atoms with Crippen molar-refractivity contribution in [2.75, 3.05) is 18.5 Å². The second-order valence-corrected chi connectivity index (χ2v) is 4.15. The van der Waals surface area contributed by atoms with Crippen LogP contribution in [0, 0.1) is 0 Å². The van der Waals surface area contributed by atoms with Crippen LogP contribution in [0.3, 0.4) is 0 Å². The molecule has 6 nitrogen and oxygen atoms in total. The van der Waals surface area contributed by atoms with Crippen LogP contribution in [0.25, 0.3) is 0 Å². The van der Waals surface area contributed by atoms with E-state index in [1.807, 2.05) is 0 Å². The Morgan fingerprint density at radius 2 is 2.05 bits per heavy atom. The molecule has 0 unspecified atom stereocenters. The molecular weight excluding hydrogens is 305 g/mol. The van der Waals surface area contributed by atoms with Crippen molar-refractivity contribution in [2.24, 2.45) is 5.73 Å². The Labute approximate surface area is 124 Å². The van der Waals surface area contributed by atoms with Gasteiger partial charge in [-0.15, -0.1) is 0 Å². The van der Waals surface area contributed by atoms with Crippen molar-refractivity contribution in [3.63, 3.8) is 0 Å². The molecular formula is C13H15F3N2O4. The normalized spacial score (nSPS) is 12.4. The number of carbonyl (C=O) groups excluding carboxylic acids is 2. The summed E-state index contributed by atoms with van der Waals surface area (Å²) in [7, 11) is 0. The highest BCUT2D eigenvalue weighted by molar-refractivity contribution is 5.95. The maximum absolute atomic E-state index is 11.9. The molecule has 0 saturated heterocycles. The monoisotopic (exact) mass is 320 g/mol. The molecule has 0 aliphatic heterocycles. The predicted octanol–water partition coefficient (Wildman–Crippen LogP) is 1.46. The lowest BCUT2D eigenvalue weighted by Crippen LogP contribution is -2.41. The van der Waals surface area contributed by atoms with Gasteiger partial charge in [-0.3, -0.25) is 4.79 Å². The molecule has 0 heterocycles. The number of ether oxygens (including phenoxy) is 2. The molecule has 3 N–H and O–H groups in total. The van der Waals surface area contributed by atoms with Gasteiger partial charge in [-0.1, -0.05) is 6.07 Å². The van der Waals surface area contributed by atoms with Crippen LogP contribution in [0.5, 0.6) is 5.75 Å². The first-order valence-corrected chi connectivity index (χ1v) is 6.27. The van der Waals surface area contributed by atoms with Crippen LogP contribution < -0.4 is 15.8 Å². The smallest absolute Gasteiger partial charge is 0.490 e. The molecule has 22 heavy (non-hydrogen) atoms. The minimum absolute atomic E-state index is 0.355. The molecule has 0 spiro atoms. The van der Waals surface area contributed by atoms with Crippen molar-refractivity contribution in [3.05, 3.63) is 24.3 Å². The van der Waals surface area contributed by atoms with E-state index in [2.05, 4.69) is 10.1 Å². The fraction of sp³-hybridized carbons (Fsp3) is 0.385. The van der Waals surface area contributed by atoms with E-state index < -0.39 is 30.7 Å².